The number of aryl methyl sites for hydroxylation is 1. The van der Waals surface area contributed by atoms with E-state index in [1.165, 1.54) is 0 Å². The van der Waals surface area contributed by atoms with Gasteiger partial charge in [0.25, 0.3) is 0 Å². The van der Waals surface area contributed by atoms with Gasteiger partial charge in [0, 0.05) is 12.8 Å². The predicted molar refractivity (Wildman–Crippen MR) is 74.8 cm³/mol. The van der Waals surface area contributed by atoms with E-state index in [-0.39, 0.29) is 18.4 Å². The summed E-state index contributed by atoms with van der Waals surface area (Å²) in [6, 6.07) is 5.29. The Kier molecular flexibility index (Phi) is 4.02. The van der Waals surface area contributed by atoms with Crippen LogP contribution in [0, 0.1) is 6.92 Å². The number of likely N-dealkylation sites (tertiary alicyclic amines) is 1. The summed E-state index contributed by atoms with van der Waals surface area (Å²) in [6.07, 6.45) is 1.18. The second-order valence-electron chi connectivity index (χ2n) is 4.81. The molecule has 1 fully saturated rings. The van der Waals surface area contributed by atoms with E-state index in [4.69, 9.17) is 5.73 Å². The van der Waals surface area contributed by atoms with Crippen LogP contribution in [0.4, 0.5) is 11.4 Å². The van der Waals surface area contributed by atoms with E-state index in [1.54, 1.807) is 12.1 Å². The van der Waals surface area contributed by atoms with Crippen LogP contribution >= 0.6 is 0 Å². The highest BCUT2D eigenvalue weighted by Crippen LogP contribution is 2.22. The molecule has 1 aliphatic heterocycles. The SMILES string of the molecule is Cc1cccc(N)c1NC(=O)CN1C(=O)CCCC1=O. The number of hydrogen-bond donors (Lipinski definition) is 2. The smallest absolute Gasteiger partial charge is 0.244 e. The highest BCUT2D eigenvalue weighted by atomic mass is 16.2. The summed E-state index contributed by atoms with van der Waals surface area (Å²) < 4.78 is 0. The van der Waals surface area contributed by atoms with E-state index in [1.807, 2.05) is 13.0 Å². The normalized spacial score (nSPS) is 15.3. The maximum absolute atomic E-state index is 12.0. The van der Waals surface area contributed by atoms with Crippen molar-refractivity contribution in [3.63, 3.8) is 0 Å². The number of nitrogens with zero attached hydrogens (tertiary/aromatic N) is 1. The standard InChI is InChI=1S/C14H17N3O3/c1-9-4-2-5-10(15)14(9)16-11(18)8-17-12(19)6-3-7-13(17)20/h2,4-5H,3,6-8,15H2,1H3,(H,16,18). The van der Waals surface area contributed by atoms with Crippen molar-refractivity contribution in [1.82, 2.24) is 4.90 Å². The van der Waals surface area contributed by atoms with Crippen molar-refractivity contribution in [3.05, 3.63) is 23.8 Å². The first-order valence-corrected chi connectivity index (χ1v) is 6.47. The zero-order valence-corrected chi connectivity index (χ0v) is 11.3. The fourth-order valence-electron chi connectivity index (χ4n) is 2.16. The molecule has 1 aromatic carbocycles. The molecule has 0 aliphatic carbocycles. The topological polar surface area (TPSA) is 92.5 Å². The van der Waals surface area contributed by atoms with Crippen LogP contribution in [0.15, 0.2) is 18.2 Å². The molecule has 2 rings (SSSR count). The Balaban J connectivity index is 2.06. The number of nitrogens with two attached hydrogens (primary N) is 1. The molecule has 3 amide bonds. The molecule has 0 bridgehead atoms. The van der Waals surface area contributed by atoms with Gasteiger partial charge in [-0.2, -0.15) is 0 Å². The molecule has 0 saturated carbocycles. The number of rotatable bonds is 3. The van der Waals surface area contributed by atoms with Crippen molar-refractivity contribution in [3.8, 4) is 0 Å². The van der Waals surface area contributed by atoms with E-state index in [9.17, 15) is 14.4 Å². The third-order valence-corrected chi connectivity index (χ3v) is 3.25. The van der Waals surface area contributed by atoms with Crippen molar-refractivity contribution in [2.75, 3.05) is 17.6 Å². The molecule has 1 heterocycles. The van der Waals surface area contributed by atoms with Gasteiger partial charge in [-0.05, 0) is 25.0 Å². The van der Waals surface area contributed by atoms with Crippen LogP contribution < -0.4 is 11.1 Å². The number of anilines is 2. The summed E-state index contributed by atoms with van der Waals surface area (Å²) in [6.45, 7) is 1.56. The predicted octanol–water partition coefficient (Wildman–Crippen LogP) is 1.05. The quantitative estimate of drug-likeness (QED) is 0.637. The van der Waals surface area contributed by atoms with E-state index in [2.05, 4.69) is 5.32 Å². The Morgan fingerprint density at radius 1 is 1.30 bits per heavy atom. The second kappa shape index (κ2) is 5.73. The van der Waals surface area contributed by atoms with Crippen LogP contribution in [-0.2, 0) is 14.4 Å². The summed E-state index contributed by atoms with van der Waals surface area (Å²) in [5.74, 6) is -1.02. The molecule has 1 aliphatic rings. The summed E-state index contributed by atoms with van der Waals surface area (Å²) in [4.78, 5) is 36.2. The van der Waals surface area contributed by atoms with Crippen LogP contribution in [0.2, 0.25) is 0 Å². The molecule has 0 spiro atoms. The number of para-hydroxylation sites is 1. The van der Waals surface area contributed by atoms with Gasteiger partial charge in [-0.25, -0.2) is 0 Å². The van der Waals surface area contributed by atoms with Gasteiger partial charge >= 0.3 is 0 Å². The van der Waals surface area contributed by atoms with E-state index >= 15 is 0 Å². The maximum atomic E-state index is 12.0. The first-order chi connectivity index (χ1) is 9.49. The van der Waals surface area contributed by atoms with Crippen LogP contribution in [0.3, 0.4) is 0 Å². The van der Waals surface area contributed by atoms with Crippen molar-refractivity contribution in [2.24, 2.45) is 0 Å². The molecule has 6 heteroatoms. The van der Waals surface area contributed by atoms with Crippen molar-refractivity contribution in [2.45, 2.75) is 26.2 Å². The lowest BCUT2D eigenvalue weighted by molar-refractivity contribution is -0.150. The molecule has 1 aromatic rings. The lowest BCUT2D eigenvalue weighted by atomic mass is 10.1. The zero-order valence-electron chi connectivity index (χ0n) is 11.3. The highest BCUT2D eigenvalue weighted by molar-refractivity contribution is 6.04. The van der Waals surface area contributed by atoms with Gasteiger partial charge in [0.2, 0.25) is 17.7 Å². The van der Waals surface area contributed by atoms with Gasteiger partial charge < -0.3 is 11.1 Å². The first-order valence-electron chi connectivity index (χ1n) is 6.47. The highest BCUT2D eigenvalue weighted by Gasteiger charge is 2.27. The van der Waals surface area contributed by atoms with Crippen LogP contribution in [-0.4, -0.2) is 29.2 Å². The summed E-state index contributed by atoms with van der Waals surface area (Å²) in [5.41, 5.74) is 7.60. The number of carbonyl (C=O) groups excluding carboxylic acids is 3. The van der Waals surface area contributed by atoms with Crippen LogP contribution in [0.25, 0.3) is 0 Å². The van der Waals surface area contributed by atoms with Crippen LogP contribution in [0.1, 0.15) is 24.8 Å². The van der Waals surface area contributed by atoms with Gasteiger partial charge in [-0.15, -0.1) is 0 Å². The summed E-state index contributed by atoms with van der Waals surface area (Å²) in [5, 5.41) is 2.66. The minimum absolute atomic E-state index is 0.258. The Labute approximate surface area is 116 Å². The molecule has 0 aromatic heterocycles. The molecular weight excluding hydrogens is 258 g/mol. The lowest BCUT2D eigenvalue weighted by Crippen LogP contribution is -2.44. The Hall–Kier alpha value is -2.37. The van der Waals surface area contributed by atoms with E-state index in [0.717, 1.165) is 10.5 Å². The van der Waals surface area contributed by atoms with Gasteiger partial charge in [0.15, 0.2) is 0 Å². The minimum Gasteiger partial charge on any atom is -0.397 e. The van der Waals surface area contributed by atoms with E-state index < -0.39 is 5.91 Å². The molecule has 1 saturated heterocycles. The number of imide groups is 1. The fourth-order valence-corrected chi connectivity index (χ4v) is 2.16. The number of piperidine rings is 1. The molecule has 0 atom stereocenters. The third-order valence-electron chi connectivity index (χ3n) is 3.25. The number of carbonyl (C=O) groups is 3. The lowest BCUT2D eigenvalue weighted by Gasteiger charge is -2.24. The van der Waals surface area contributed by atoms with Gasteiger partial charge in [-0.3, -0.25) is 19.3 Å². The largest absolute Gasteiger partial charge is 0.397 e. The number of nitrogens with one attached hydrogen (secondary N) is 1. The Morgan fingerprint density at radius 3 is 2.55 bits per heavy atom. The third kappa shape index (κ3) is 2.96. The van der Waals surface area contributed by atoms with Crippen LogP contribution in [0.5, 0.6) is 0 Å². The van der Waals surface area contributed by atoms with Gasteiger partial charge in [0.1, 0.15) is 6.54 Å². The summed E-state index contributed by atoms with van der Waals surface area (Å²) in [7, 11) is 0. The van der Waals surface area contributed by atoms with Gasteiger partial charge in [0.05, 0.1) is 11.4 Å². The fraction of sp³-hybridized carbons (Fsp3) is 0.357. The maximum Gasteiger partial charge on any atom is 0.244 e. The molecule has 0 unspecified atom stereocenters. The first kappa shape index (κ1) is 14.0. The summed E-state index contributed by atoms with van der Waals surface area (Å²) >= 11 is 0. The monoisotopic (exact) mass is 275 g/mol. The van der Waals surface area contributed by atoms with Crippen molar-refractivity contribution in [1.29, 1.82) is 0 Å². The number of hydrogen-bond acceptors (Lipinski definition) is 4. The zero-order chi connectivity index (χ0) is 14.7. The molecule has 20 heavy (non-hydrogen) atoms. The number of benzene rings is 1. The average molecular weight is 275 g/mol. The van der Waals surface area contributed by atoms with Gasteiger partial charge in [-0.1, -0.05) is 12.1 Å². The van der Waals surface area contributed by atoms with Crippen molar-refractivity contribution >= 4 is 29.1 Å². The number of nitrogen functional groups attached to an aromatic ring is 1. The number of amides is 3. The second-order valence-corrected chi connectivity index (χ2v) is 4.81. The molecule has 106 valence electrons. The molecule has 6 nitrogen and oxygen atoms in total. The molecular formula is C14H17N3O3. The molecule has 0 radical (unpaired) electrons. The molecule has 3 N–H and O–H groups in total. The minimum atomic E-state index is -0.422. The average Bonchev–Trinajstić information content (AvgIpc) is 2.39. The Bertz CT molecular complexity index is 533. The van der Waals surface area contributed by atoms with Crippen molar-refractivity contribution < 1.29 is 14.4 Å². The van der Waals surface area contributed by atoms with E-state index in [0.29, 0.717) is 30.6 Å². The Morgan fingerprint density at radius 2 is 1.95 bits per heavy atom.